The zero-order valence-electron chi connectivity index (χ0n) is 11.6. The second-order valence-electron chi connectivity index (χ2n) is 5.17. The van der Waals surface area contributed by atoms with Crippen molar-refractivity contribution in [2.24, 2.45) is 0 Å². The van der Waals surface area contributed by atoms with Gasteiger partial charge in [-0.15, -0.1) is 0 Å². The highest BCUT2D eigenvalue weighted by Crippen LogP contribution is 2.12. The lowest BCUT2D eigenvalue weighted by atomic mass is 10.1. The molecule has 0 bridgehead atoms. The number of hydrogen-bond donors (Lipinski definition) is 2. The summed E-state index contributed by atoms with van der Waals surface area (Å²) < 4.78 is 0. The van der Waals surface area contributed by atoms with Crippen LogP contribution in [0.4, 0.5) is 0 Å². The van der Waals surface area contributed by atoms with Crippen molar-refractivity contribution in [3.8, 4) is 0 Å². The van der Waals surface area contributed by atoms with Gasteiger partial charge < -0.3 is 0 Å². The van der Waals surface area contributed by atoms with E-state index in [1.165, 1.54) is 70.9 Å². The molecule has 0 atom stereocenters. The summed E-state index contributed by atoms with van der Waals surface area (Å²) in [7, 11) is 0. The van der Waals surface area contributed by atoms with Crippen LogP contribution >= 0.6 is 0 Å². The Morgan fingerprint density at radius 1 is 0.706 bits per heavy atom. The van der Waals surface area contributed by atoms with Crippen molar-refractivity contribution in [3.05, 3.63) is 0 Å². The maximum absolute atomic E-state index is 3.29. The predicted octanol–water partition coefficient (Wildman–Crippen LogP) is 2.88. The monoisotopic (exact) mass is 241 g/mol. The van der Waals surface area contributed by atoms with E-state index >= 15 is 0 Å². The third-order valence-corrected chi connectivity index (χ3v) is 3.55. The summed E-state index contributed by atoms with van der Waals surface area (Å²) in [5, 5.41) is 0. The van der Waals surface area contributed by atoms with Gasteiger partial charge in [0.15, 0.2) is 0 Å². The second-order valence-corrected chi connectivity index (χ2v) is 5.17. The van der Waals surface area contributed by atoms with Crippen LogP contribution in [0.3, 0.4) is 0 Å². The normalized spacial score (nSPS) is 21.7. The summed E-state index contributed by atoms with van der Waals surface area (Å²) in [6.45, 7) is 6.64. The molecule has 1 heterocycles. The molecule has 3 nitrogen and oxygen atoms in total. The summed E-state index contributed by atoms with van der Waals surface area (Å²) >= 11 is 0. The van der Waals surface area contributed by atoms with Gasteiger partial charge in [-0.2, -0.15) is 0 Å². The van der Waals surface area contributed by atoms with Crippen molar-refractivity contribution in [1.82, 2.24) is 15.8 Å². The van der Waals surface area contributed by atoms with Gasteiger partial charge in [0.05, 0.1) is 6.67 Å². The van der Waals surface area contributed by atoms with Gasteiger partial charge in [0.25, 0.3) is 0 Å². The van der Waals surface area contributed by atoms with E-state index < -0.39 is 0 Å². The van der Waals surface area contributed by atoms with E-state index in [2.05, 4.69) is 22.7 Å². The van der Waals surface area contributed by atoms with Gasteiger partial charge in [-0.25, -0.2) is 5.43 Å². The molecule has 2 N–H and O–H groups in total. The first kappa shape index (κ1) is 14.9. The van der Waals surface area contributed by atoms with Crippen molar-refractivity contribution < 1.29 is 0 Å². The number of rotatable bonds is 4. The molecule has 102 valence electrons. The quantitative estimate of drug-likeness (QED) is 0.585. The average molecular weight is 241 g/mol. The molecule has 0 amide bonds. The first-order valence-electron chi connectivity index (χ1n) is 7.61. The number of nitrogens with one attached hydrogen (secondary N) is 2. The summed E-state index contributed by atoms with van der Waals surface area (Å²) in [4.78, 5) is 2.56. The van der Waals surface area contributed by atoms with Crippen molar-refractivity contribution >= 4 is 0 Å². The molecule has 1 rings (SSSR count). The zero-order chi connectivity index (χ0) is 12.2. The molecule has 1 fully saturated rings. The van der Waals surface area contributed by atoms with Crippen LogP contribution in [-0.2, 0) is 0 Å². The van der Waals surface area contributed by atoms with Gasteiger partial charge in [-0.3, -0.25) is 10.3 Å². The molecular weight excluding hydrogens is 210 g/mol. The van der Waals surface area contributed by atoms with E-state index in [1.54, 1.807) is 0 Å². The Balaban J connectivity index is 2.17. The minimum absolute atomic E-state index is 0.994. The van der Waals surface area contributed by atoms with Gasteiger partial charge in [0, 0.05) is 6.54 Å². The molecule has 0 saturated carbocycles. The highest BCUT2D eigenvalue weighted by molar-refractivity contribution is 4.59. The fourth-order valence-corrected chi connectivity index (χ4v) is 2.47. The number of hydrazine groups is 1. The highest BCUT2D eigenvalue weighted by Gasteiger charge is 2.05. The van der Waals surface area contributed by atoms with Crippen LogP contribution in [-0.4, -0.2) is 31.2 Å². The fourth-order valence-electron chi connectivity index (χ4n) is 2.47. The maximum atomic E-state index is 3.29. The fraction of sp³-hybridized carbons (Fsp3) is 1.00. The molecule has 1 saturated heterocycles. The third-order valence-electron chi connectivity index (χ3n) is 3.55. The van der Waals surface area contributed by atoms with Crippen LogP contribution < -0.4 is 10.9 Å². The maximum Gasteiger partial charge on any atom is 0.0614 e. The molecule has 0 unspecified atom stereocenters. The average Bonchev–Trinajstić information content (AvgIpc) is 2.32. The molecule has 0 aromatic heterocycles. The van der Waals surface area contributed by atoms with Crippen LogP contribution in [0.2, 0.25) is 0 Å². The Labute approximate surface area is 107 Å². The second kappa shape index (κ2) is 11.0. The SMILES string of the molecule is CCNNCN1CCCCCCCCCCC1. The molecule has 0 spiro atoms. The molecule has 1 aliphatic rings. The van der Waals surface area contributed by atoms with Crippen LogP contribution in [0.25, 0.3) is 0 Å². The Hall–Kier alpha value is -0.120. The van der Waals surface area contributed by atoms with Crippen LogP contribution in [0.5, 0.6) is 0 Å². The van der Waals surface area contributed by atoms with Crippen molar-refractivity contribution in [1.29, 1.82) is 0 Å². The van der Waals surface area contributed by atoms with E-state index in [-0.39, 0.29) is 0 Å². The first-order chi connectivity index (χ1) is 8.43. The molecule has 17 heavy (non-hydrogen) atoms. The minimum Gasteiger partial charge on any atom is -0.290 e. The first-order valence-corrected chi connectivity index (χ1v) is 7.61. The molecule has 0 aromatic carbocycles. The number of nitrogens with zero attached hydrogens (tertiary/aromatic N) is 1. The molecule has 1 aliphatic heterocycles. The lowest BCUT2D eigenvalue weighted by molar-refractivity contribution is 0.227. The lowest BCUT2D eigenvalue weighted by Gasteiger charge is -2.23. The summed E-state index contributed by atoms with van der Waals surface area (Å²) in [6.07, 6.45) is 12.8. The Morgan fingerprint density at radius 2 is 1.18 bits per heavy atom. The van der Waals surface area contributed by atoms with E-state index in [4.69, 9.17) is 0 Å². The highest BCUT2D eigenvalue weighted by atomic mass is 15.4. The lowest BCUT2D eigenvalue weighted by Crippen LogP contribution is -2.42. The largest absolute Gasteiger partial charge is 0.290 e. The van der Waals surface area contributed by atoms with Gasteiger partial charge in [-0.1, -0.05) is 51.9 Å². The molecule has 3 heteroatoms. The van der Waals surface area contributed by atoms with E-state index in [0.717, 1.165) is 13.2 Å². The van der Waals surface area contributed by atoms with Crippen LogP contribution in [0, 0.1) is 0 Å². The van der Waals surface area contributed by atoms with E-state index in [9.17, 15) is 0 Å². The molecule has 0 aliphatic carbocycles. The van der Waals surface area contributed by atoms with Crippen molar-refractivity contribution in [2.75, 3.05) is 26.3 Å². The summed E-state index contributed by atoms with van der Waals surface area (Å²) in [6, 6.07) is 0. The van der Waals surface area contributed by atoms with E-state index in [0.29, 0.717) is 0 Å². The van der Waals surface area contributed by atoms with Crippen molar-refractivity contribution in [3.63, 3.8) is 0 Å². The predicted molar refractivity (Wildman–Crippen MR) is 74.8 cm³/mol. The molecule has 0 aromatic rings. The van der Waals surface area contributed by atoms with Gasteiger partial charge >= 0.3 is 0 Å². The third kappa shape index (κ3) is 8.58. The number of hydrogen-bond acceptors (Lipinski definition) is 3. The van der Waals surface area contributed by atoms with Gasteiger partial charge in [0.1, 0.15) is 0 Å². The summed E-state index contributed by atoms with van der Waals surface area (Å²) in [5.41, 5.74) is 6.48. The molecular formula is C14H31N3. The van der Waals surface area contributed by atoms with Crippen LogP contribution in [0.1, 0.15) is 64.7 Å². The van der Waals surface area contributed by atoms with Gasteiger partial charge in [0.2, 0.25) is 0 Å². The minimum atomic E-state index is 0.994. The standard InChI is InChI=1S/C14H31N3/c1-2-15-16-14-17-12-10-8-6-4-3-5-7-9-11-13-17/h15-16H,2-14H2,1H3. The smallest absolute Gasteiger partial charge is 0.0614 e. The Morgan fingerprint density at radius 3 is 1.65 bits per heavy atom. The van der Waals surface area contributed by atoms with Crippen molar-refractivity contribution in [2.45, 2.75) is 64.7 Å². The Kier molecular flexibility index (Phi) is 9.66. The summed E-state index contributed by atoms with van der Waals surface area (Å²) in [5.74, 6) is 0. The topological polar surface area (TPSA) is 27.3 Å². The van der Waals surface area contributed by atoms with Gasteiger partial charge in [-0.05, 0) is 25.9 Å². The molecule has 0 radical (unpaired) electrons. The van der Waals surface area contributed by atoms with Crippen LogP contribution in [0.15, 0.2) is 0 Å². The Bertz CT molecular complexity index is 150. The zero-order valence-corrected chi connectivity index (χ0v) is 11.6. The van der Waals surface area contributed by atoms with E-state index in [1.807, 2.05) is 0 Å².